The summed E-state index contributed by atoms with van der Waals surface area (Å²) < 4.78 is 22.2. The molecule has 0 fully saturated rings. The first kappa shape index (κ1) is 13.4. The van der Waals surface area contributed by atoms with Gasteiger partial charge in [-0.15, -0.1) is 0 Å². The standard InChI is InChI=1S/C10H13FO4/c1-4-7(9(12)14-5-2)8(11)10(13)15-6-3/h4H,1,5-6H2,2-3H3/b8-7-. The van der Waals surface area contributed by atoms with Crippen molar-refractivity contribution in [1.82, 2.24) is 0 Å². The first-order valence-electron chi connectivity index (χ1n) is 4.44. The second kappa shape index (κ2) is 6.75. The second-order valence-corrected chi connectivity index (χ2v) is 2.37. The summed E-state index contributed by atoms with van der Waals surface area (Å²) in [7, 11) is 0. The minimum atomic E-state index is -1.29. The van der Waals surface area contributed by atoms with Crippen LogP contribution in [0.2, 0.25) is 0 Å². The van der Waals surface area contributed by atoms with Crippen LogP contribution in [0.15, 0.2) is 24.1 Å². The fourth-order valence-electron chi connectivity index (χ4n) is 0.776. The predicted octanol–water partition coefficient (Wildman–Crippen LogP) is 1.52. The van der Waals surface area contributed by atoms with Crippen molar-refractivity contribution in [3.05, 3.63) is 24.1 Å². The van der Waals surface area contributed by atoms with Crippen LogP contribution in [0, 0.1) is 0 Å². The van der Waals surface area contributed by atoms with Crippen molar-refractivity contribution in [3.8, 4) is 0 Å². The molecule has 0 rings (SSSR count). The highest BCUT2D eigenvalue weighted by Gasteiger charge is 2.20. The summed E-state index contributed by atoms with van der Waals surface area (Å²) in [5.41, 5.74) is -0.518. The van der Waals surface area contributed by atoms with Gasteiger partial charge in [-0.3, -0.25) is 0 Å². The van der Waals surface area contributed by atoms with Gasteiger partial charge in [-0.25, -0.2) is 9.59 Å². The van der Waals surface area contributed by atoms with E-state index in [4.69, 9.17) is 0 Å². The molecule has 5 heteroatoms. The molecule has 0 spiro atoms. The Morgan fingerprint density at radius 3 is 2.07 bits per heavy atom. The first-order valence-corrected chi connectivity index (χ1v) is 4.44. The molecule has 0 aliphatic heterocycles. The van der Waals surface area contributed by atoms with E-state index >= 15 is 0 Å². The maximum Gasteiger partial charge on any atom is 0.368 e. The van der Waals surface area contributed by atoms with Crippen LogP contribution >= 0.6 is 0 Å². The number of hydrogen-bond donors (Lipinski definition) is 0. The van der Waals surface area contributed by atoms with Gasteiger partial charge in [0.2, 0.25) is 5.83 Å². The van der Waals surface area contributed by atoms with Gasteiger partial charge >= 0.3 is 11.9 Å². The van der Waals surface area contributed by atoms with Crippen LogP contribution in [0.5, 0.6) is 0 Å². The Morgan fingerprint density at radius 2 is 1.67 bits per heavy atom. The van der Waals surface area contributed by atoms with Crippen molar-refractivity contribution in [1.29, 1.82) is 0 Å². The van der Waals surface area contributed by atoms with Crippen LogP contribution in [0.3, 0.4) is 0 Å². The number of hydrogen-bond acceptors (Lipinski definition) is 4. The molecule has 0 radical (unpaired) electrons. The molecule has 0 heterocycles. The molecule has 0 atom stereocenters. The molecule has 15 heavy (non-hydrogen) atoms. The maximum absolute atomic E-state index is 13.3. The molecule has 0 saturated carbocycles. The van der Waals surface area contributed by atoms with E-state index in [1.807, 2.05) is 0 Å². The zero-order valence-electron chi connectivity index (χ0n) is 8.71. The van der Waals surface area contributed by atoms with E-state index in [0.29, 0.717) is 0 Å². The van der Waals surface area contributed by atoms with Gasteiger partial charge in [0.1, 0.15) is 5.57 Å². The summed E-state index contributed by atoms with van der Waals surface area (Å²) in [6, 6.07) is 0. The van der Waals surface area contributed by atoms with E-state index < -0.39 is 23.3 Å². The number of halogens is 1. The van der Waals surface area contributed by atoms with Crippen LogP contribution in [-0.2, 0) is 19.1 Å². The molecule has 0 N–H and O–H groups in total. The highest BCUT2D eigenvalue weighted by atomic mass is 19.1. The van der Waals surface area contributed by atoms with Gasteiger partial charge in [0.25, 0.3) is 0 Å². The molecule has 0 saturated heterocycles. The maximum atomic E-state index is 13.3. The molecule has 0 aromatic carbocycles. The van der Waals surface area contributed by atoms with Crippen molar-refractivity contribution in [2.24, 2.45) is 0 Å². The van der Waals surface area contributed by atoms with Crippen molar-refractivity contribution in [2.75, 3.05) is 13.2 Å². The van der Waals surface area contributed by atoms with Crippen molar-refractivity contribution < 1.29 is 23.5 Å². The lowest BCUT2D eigenvalue weighted by Gasteiger charge is -2.04. The molecule has 0 aliphatic carbocycles. The summed E-state index contributed by atoms with van der Waals surface area (Å²) in [5.74, 6) is -3.41. The van der Waals surface area contributed by atoms with Crippen molar-refractivity contribution in [2.45, 2.75) is 13.8 Å². The van der Waals surface area contributed by atoms with Crippen molar-refractivity contribution in [3.63, 3.8) is 0 Å². The molecule has 0 aliphatic rings. The van der Waals surface area contributed by atoms with Crippen LogP contribution in [0.25, 0.3) is 0 Å². The first-order chi connectivity index (χ1) is 7.08. The normalized spacial score (nSPS) is 11.4. The lowest BCUT2D eigenvalue weighted by molar-refractivity contribution is -0.142. The van der Waals surface area contributed by atoms with Gasteiger partial charge in [-0.05, 0) is 13.8 Å². The van der Waals surface area contributed by atoms with Gasteiger partial charge in [0.15, 0.2) is 0 Å². The number of carbonyl (C=O) groups excluding carboxylic acids is 2. The van der Waals surface area contributed by atoms with E-state index in [2.05, 4.69) is 16.1 Å². The highest BCUT2D eigenvalue weighted by molar-refractivity contribution is 6.00. The number of esters is 2. The Bertz CT molecular complexity index is 294. The molecule has 0 unspecified atom stereocenters. The second-order valence-electron chi connectivity index (χ2n) is 2.37. The average Bonchev–Trinajstić information content (AvgIpc) is 2.19. The summed E-state index contributed by atoms with van der Waals surface area (Å²) in [4.78, 5) is 22.1. The topological polar surface area (TPSA) is 52.6 Å². The Morgan fingerprint density at radius 1 is 1.20 bits per heavy atom. The van der Waals surface area contributed by atoms with E-state index in [1.165, 1.54) is 6.92 Å². The minimum Gasteiger partial charge on any atom is -0.462 e. The summed E-state index contributed by atoms with van der Waals surface area (Å²) in [6.45, 7) is 6.44. The van der Waals surface area contributed by atoms with Crippen molar-refractivity contribution >= 4 is 11.9 Å². The Balaban J connectivity index is 4.88. The summed E-state index contributed by atoms with van der Waals surface area (Å²) in [6.07, 6.45) is 0.921. The largest absolute Gasteiger partial charge is 0.462 e. The lowest BCUT2D eigenvalue weighted by Crippen LogP contribution is -2.13. The number of carbonyl (C=O) groups is 2. The Labute approximate surface area is 87.4 Å². The zero-order valence-corrected chi connectivity index (χ0v) is 8.71. The van der Waals surface area contributed by atoms with Gasteiger partial charge in [0, 0.05) is 0 Å². The third kappa shape index (κ3) is 3.93. The van der Waals surface area contributed by atoms with E-state index in [9.17, 15) is 14.0 Å². The lowest BCUT2D eigenvalue weighted by atomic mass is 10.2. The summed E-state index contributed by atoms with van der Waals surface area (Å²) in [5, 5.41) is 0. The smallest absolute Gasteiger partial charge is 0.368 e. The molecule has 0 aromatic heterocycles. The third-order valence-electron chi connectivity index (χ3n) is 1.39. The Kier molecular flexibility index (Phi) is 6.01. The van der Waals surface area contributed by atoms with Crippen LogP contribution < -0.4 is 0 Å². The molecule has 0 bridgehead atoms. The third-order valence-corrected chi connectivity index (χ3v) is 1.39. The van der Waals surface area contributed by atoms with Gasteiger partial charge in [-0.2, -0.15) is 4.39 Å². The number of ether oxygens (including phenoxy) is 2. The van der Waals surface area contributed by atoms with Crippen LogP contribution in [0.4, 0.5) is 4.39 Å². The Hall–Kier alpha value is -1.65. The van der Waals surface area contributed by atoms with Gasteiger partial charge < -0.3 is 9.47 Å². The van der Waals surface area contributed by atoms with E-state index in [-0.39, 0.29) is 13.2 Å². The molecule has 84 valence electrons. The van der Waals surface area contributed by atoms with E-state index in [1.54, 1.807) is 6.92 Å². The fourth-order valence-corrected chi connectivity index (χ4v) is 0.776. The molecule has 0 aromatic rings. The molecular formula is C10H13FO4. The SMILES string of the molecule is C=C/C(C(=O)OCC)=C(/F)C(=O)OCC. The number of rotatable bonds is 5. The molecular weight excluding hydrogens is 203 g/mol. The van der Waals surface area contributed by atoms with Crippen LogP contribution in [-0.4, -0.2) is 25.2 Å². The minimum absolute atomic E-state index is 0.0273. The molecule has 4 nitrogen and oxygen atoms in total. The molecule has 0 amide bonds. The summed E-state index contributed by atoms with van der Waals surface area (Å²) >= 11 is 0. The monoisotopic (exact) mass is 216 g/mol. The quantitative estimate of drug-likeness (QED) is 0.397. The average molecular weight is 216 g/mol. The highest BCUT2D eigenvalue weighted by Crippen LogP contribution is 2.11. The van der Waals surface area contributed by atoms with E-state index in [0.717, 1.165) is 6.08 Å². The van der Waals surface area contributed by atoms with Gasteiger partial charge in [0.05, 0.1) is 13.2 Å². The van der Waals surface area contributed by atoms with Gasteiger partial charge in [-0.1, -0.05) is 12.7 Å². The zero-order chi connectivity index (χ0) is 11.8. The van der Waals surface area contributed by atoms with Crippen LogP contribution in [0.1, 0.15) is 13.8 Å². The fraction of sp³-hybridized carbons (Fsp3) is 0.400. The predicted molar refractivity (Wildman–Crippen MR) is 51.6 cm³/mol.